The van der Waals surface area contributed by atoms with Gasteiger partial charge >= 0.3 is 6.18 Å². The van der Waals surface area contributed by atoms with Gasteiger partial charge in [-0.25, -0.2) is 9.97 Å². The van der Waals surface area contributed by atoms with Crippen molar-refractivity contribution in [3.63, 3.8) is 0 Å². The number of carbonyl (C=O) groups is 1. The van der Waals surface area contributed by atoms with Crippen LogP contribution >= 0.6 is 24.8 Å². The maximum absolute atomic E-state index is 13.3. The van der Waals surface area contributed by atoms with Gasteiger partial charge in [0, 0.05) is 57.5 Å². The van der Waals surface area contributed by atoms with Gasteiger partial charge in [0.05, 0.1) is 0 Å². The summed E-state index contributed by atoms with van der Waals surface area (Å²) >= 11 is 0. The minimum atomic E-state index is -4.42. The molecule has 0 saturated carbocycles. The number of carbonyl (C=O) groups excluding carboxylic acids is 1. The Morgan fingerprint density at radius 1 is 1.19 bits per heavy atom. The Kier molecular flexibility index (Phi) is 8.07. The van der Waals surface area contributed by atoms with Crippen molar-refractivity contribution in [2.75, 3.05) is 32.7 Å². The molecule has 146 valence electrons. The predicted molar refractivity (Wildman–Crippen MR) is 94.1 cm³/mol. The lowest BCUT2D eigenvalue weighted by Gasteiger charge is -2.35. The summed E-state index contributed by atoms with van der Waals surface area (Å²) in [5.41, 5.74) is 0.310. The summed E-state index contributed by atoms with van der Waals surface area (Å²) in [7, 11) is 0. The molecule has 1 aliphatic rings. The zero-order chi connectivity index (χ0) is 17.2. The van der Waals surface area contributed by atoms with Crippen LogP contribution in [0.2, 0.25) is 0 Å². The highest BCUT2D eigenvalue weighted by Crippen LogP contribution is 2.24. The summed E-state index contributed by atoms with van der Waals surface area (Å²) in [6.07, 6.45) is 1.72. The molecule has 0 aromatic carbocycles. The molecule has 1 aliphatic heterocycles. The predicted octanol–water partition coefficient (Wildman–Crippen LogP) is 1.14. The van der Waals surface area contributed by atoms with Crippen LogP contribution in [0.15, 0.2) is 24.8 Å². The molecule has 0 spiro atoms. The Morgan fingerprint density at radius 3 is 2.42 bits per heavy atom. The van der Waals surface area contributed by atoms with Crippen molar-refractivity contribution in [1.29, 1.82) is 0 Å². The number of halogens is 5. The fourth-order valence-electron chi connectivity index (χ4n) is 2.73. The van der Waals surface area contributed by atoms with Crippen molar-refractivity contribution in [2.24, 2.45) is 0 Å². The lowest BCUT2D eigenvalue weighted by Crippen LogP contribution is -2.57. The Balaban J connectivity index is 0.00000169. The number of piperazine rings is 1. The minimum absolute atomic E-state index is 0. The smallest absolute Gasteiger partial charge is 0.349 e. The van der Waals surface area contributed by atoms with Crippen molar-refractivity contribution < 1.29 is 18.0 Å². The summed E-state index contributed by atoms with van der Waals surface area (Å²) in [4.78, 5) is 21.5. The van der Waals surface area contributed by atoms with Crippen LogP contribution < -0.4 is 10.6 Å². The summed E-state index contributed by atoms with van der Waals surface area (Å²) in [5.74, 6) is -0.670. The van der Waals surface area contributed by atoms with Crippen molar-refractivity contribution in [1.82, 2.24) is 29.9 Å². The average molecular weight is 415 g/mol. The zero-order valence-electron chi connectivity index (χ0n) is 13.6. The number of imidazole rings is 1. The first-order chi connectivity index (χ1) is 11.5. The molecule has 12 heteroatoms. The summed E-state index contributed by atoms with van der Waals surface area (Å²) in [6.45, 7) is 1.04. The molecule has 1 atom stereocenters. The van der Waals surface area contributed by atoms with Crippen LogP contribution in [0.5, 0.6) is 0 Å². The topological polar surface area (TPSA) is 74.6 Å². The molecular weight excluding hydrogens is 396 g/mol. The highest BCUT2D eigenvalue weighted by molar-refractivity contribution is 5.97. The number of hydrogen-bond donors (Lipinski definition) is 2. The van der Waals surface area contributed by atoms with E-state index >= 15 is 0 Å². The number of nitrogens with zero attached hydrogens (tertiary/aromatic N) is 4. The number of aromatic nitrogens is 3. The van der Waals surface area contributed by atoms with E-state index in [1.165, 1.54) is 17.3 Å². The first kappa shape index (κ1) is 22.4. The van der Waals surface area contributed by atoms with Gasteiger partial charge in [-0.05, 0) is 0 Å². The number of rotatable bonds is 4. The van der Waals surface area contributed by atoms with Gasteiger partial charge in [-0.2, -0.15) is 13.2 Å². The molecule has 2 aromatic rings. The van der Waals surface area contributed by atoms with E-state index in [4.69, 9.17) is 0 Å². The Hall–Kier alpha value is -1.62. The van der Waals surface area contributed by atoms with Crippen LogP contribution in [0.25, 0.3) is 5.65 Å². The molecule has 0 bridgehead atoms. The minimum Gasteiger partial charge on any atom is -0.349 e. The van der Waals surface area contributed by atoms with Crippen LogP contribution in [-0.4, -0.2) is 70.1 Å². The van der Waals surface area contributed by atoms with Crippen LogP contribution in [0.3, 0.4) is 0 Å². The van der Waals surface area contributed by atoms with E-state index in [0.29, 0.717) is 18.7 Å². The highest BCUT2D eigenvalue weighted by atomic mass is 35.5. The first-order valence-electron chi connectivity index (χ1n) is 7.54. The van der Waals surface area contributed by atoms with E-state index in [0.717, 1.165) is 0 Å². The van der Waals surface area contributed by atoms with Gasteiger partial charge in [0.1, 0.15) is 6.04 Å². The molecule has 3 heterocycles. The van der Waals surface area contributed by atoms with Crippen LogP contribution in [0.1, 0.15) is 10.5 Å². The molecule has 1 amide bonds. The molecular formula is C14H19Cl2F3N6O. The third-order valence-corrected chi connectivity index (χ3v) is 3.95. The molecule has 2 aromatic heterocycles. The van der Waals surface area contributed by atoms with Crippen molar-refractivity contribution in [3.8, 4) is 0 Å². The third-order valence-electron chi connectivity index (χ3n) is 3.95. The SMILES string of the molecule is Cl.Cl.O=C(NCC(N1CCNCC1)C(F)(F)F)c1nccn2ccnc12. The zero-order valence-corrected chi connectivity index (χ0v) is 15.2. The fraction of sp³-hybridized carbons (Fsp3) is 0.500. The largest absolute Gasteiger partial charge is 0.405 e. The molecule has 1 unspecified atom stereocenters. The molecule has 7 nitrogen and oxygen atoms in total. The van der Waals surface area contributed by atoms with E-state index in [2.05, 4.69) is 20.6 Å². The lowest BCUT2D eigenvalue weighted by atomic mass is 10.2. The Morgan fingerprint density at radius 2 is 1.81 bits per heavy atom. The second kappa shape index (κ2) is 9.36. The third kappa shape index (κ3) is 4.97. The van der Waals surface area contributed by atoms with Crippen molar-refractivity contribution >= 4 is 36.4 Å². The molecule has 0 aliphatic carbocycles. The van der Waals surface area contributed by atoms with Crippen LogP contribution in [-0.2, 0) is 0 Å². The van der Waals surface area contributed by atoms with Gasteiger partial charge in [0.15, 0.2) is 11.3 Å². The van der Waals surface area contributed by atoms with E-state index < -0.39 is 24.7 Å². The summed E-state index contributed by atoms with van der Waals surface area (Å²) in [6, 6.07) is -1.72. The van der Waals surface area contributed by atoms with Crippen molar-refractivity contribution in [2.45, 2.75) is 12.2 Å². The maximum Gasteiger partial charge on any atom is 0.405 e. The average Bonchev–Trinajstić information content (AvgIpc) is 3.03. The molecule has 26 heavy (non-hydrogen) atoms. The van der Waals surface area contributed by atoms with Crippen LogP contribution in [0.4, 0.5) is 13.2 Å². The molecule has 3 rings (SSSR count). The molecule has 2 N–H and O–H groups in total. The number of nitrogens with one attached hydrogen (secondary N) is 2. The van der Waals surface area contributed by atoms with Gasteiger partial charge in [-0.3, -0.25) is 9.69 Å². The van der Waals surface area contributed by atoms with E-state index in [1.54, 1.807) is 16.8 Å². The standard InChI is InChI=1S/C14H17F3N6O.2ClH/c15-14(16,17)10(22-5-1-18-2-6-22)9-21-13(24)11-12-20-4-8-23(12)7-3-19-11;;/h3-4,7-8,10,18H,1-2,5-6,9H2,(H,21,24);2*1H. The molecule has 1 saturated heterocycles. The van der Waals surface area contributed by atoms with E-state index in [-0.39, 0.29) is 43.6 Å². The summed E-state index contributed by atoms with van der Waals surface area (Å²) < 4.78 is 41.5. The van der Waals surface area contributed by atoms with E-state index in [1.807, 2.05) is 0 Å². The Labute approximate surface area is 160 Å². The Bertz CT molecular complexity index is 720. The number of alkyl halides is 3. The second-order valence-corrected chi connectivity index (χ2v) is 5.49. The van der Waals surface area contributed by atoms with Gasteiger partial charge in [0.2, 0.25) is 0 Å². The van der Waals surface area contributed by atoms with Crippen molar-refractivity contribution in [3.05, 3.63) is 30.5 Å². The van der Waals surface area contributed by atoms with Gasteiger partial charge in [0.25, 0.3) is 5.91 Å². The maximum atomic E-state index is 13.3. The molecule has 0 radical (unpaired) electrons. The normalized spacial score (nSPS) is 16.4. The van der Waals surface area contributed by atoms with Crippen LogP contribution in [0, 0.1) is 0 Å². The van der Waals surface area contributed by atoms with Gasteiger partial charge < -0.3 is 15.0 Å². The monoisotopic (exact) mass is 414 g/mol. The van der Waals surface area contributed by atoms with Gasteiger partial charge in [-0.1, -0.05) is 0 Å². The van der Waals surface area contributed by atoms with Gasteiger partial charge in [-0.15, -0.1) is 24.8 Å². The second-order valence-electron chi connectivity index (χ2n) is 5.49. The number of fused-ring (bicyclic) bond motifs is 1. The summed E-state index contributed by atoms with van der Waals surface area (Å²) in [5, 5.41) is 5.36. The van der Waals surface area contributed by atoms with E-state index in [9.17, 15) is 18.0 Å². The molecule has 1 fully saturated rings. The number of amides is 1. The fourth-order valence-corrected chi connectivity index (χ4v) is 2.73. The first-order valence-corrected chi connectivity index (χ1v) is 7.54. The lowest BCUT2D eigenvalue weighted by molar-refractivity contribution is -0.183. The quantitative estimate of drug-likeness (QED) is 0.784. The highest BCUT2D eigenvalue weighted by Gasteiger charge is 2.43. The number of hydrogen-bond acceptors (Lipinski definition) is 5.